The Morgan fingerprint density at radius 2 is 2.08 bits per heavy atom. The number of nitrogens with zero attached hydrogens (tertiary/aromatic N) is 2. The molecule has 3 unspecified atom stereocenters. The van der Waals surface area contributed by atoms with Crippen LogP contribution in [0.15, 0.2) is 18.2 Å². The smallest absolute Gasteiger partial charge is 0.235 e. The van der Waals surface area contributed by atoms with Gasteiger partial charge in [0.1, 0.15) is 0 Å². The number of rotatable bonds is 3. The van der Waals surface area contributed by atoms with Crippen LogP contribution in [0.3, 0.4) is 0 Å². The molecule has 5 heteroatoms. The first-order valence-corrected chi connectivity index (χ1v) is 9.80. The molecule has 5 nitrogen and oxygen atoms in total. The van der Waals surface area contributed by atoms with Gasteiger partial charge < -0.3 is 0 Å². The van der Waals surface area contributed by atoms with Crippen LogP contribution in [0.1, 0.15) is 62.6 Å². The maximum absolute atomic E-state index is 12.2. The highest BCUT2D eigenvalue weighted by Gasteiger charge is 2.31. The molecule has 1 N–H and O–H groups in total. The topological polar surface area (TPSA) is 64.0 Å². The van der Waals surface area contributed by atoms with E-state index in [2.05, 4.69) is 35.5 Å². The fraction of sp³-hybridized carbons (Fsp3) is 0.571. The van der Waals surface area contributed by atoms with E-state index in [1.807, 2.05) is 11.7 Å². The summed E-state index contributed by atoms with van der Waals surface area (Å²) in [7, 11) is 1.93. The number of piperidine rings is 1. The minimum absolute atomic E-state index is 0.185. The molecule has 2 amide bonds. The molecule has 1 saturated heterocycles. The van der Waals surface area contributed by atoms with Crippen LogP contribution in [-0.4, -0.2) is 21.6 Å². The van der Waals surface area contributed by atoms with Crippen LogP contribution < -0.4 is 5.32 Å². The first kappa shape index (κ1) is 17.3. The average molecular weight is 353 g/mol. The largest absolute Gasteiger partial charge is 0.296 e. The number of imide groups is 1. The van der Waals surface area contributed by atoms with Crippen molar-refractivity contribution in [3.63, 3.8) is 0 Å². The summed E-state index contributed by atoms with van der Waals surface area (Å²) in [6.45, 7) is 2.36. The Labute approximate surface area is 154 Å². The molecule has 2 aromatic rings. The quantitative estimate of drug-likeness (QED) is 0.860. The second-order valence-corrected chi connectivity index (χ2v) is 8.21. The summed E-state index contributed by atoms with van der Waals surface area (Å²) < 4.78 is 1.88. The molecule has 0 spiro atoms. The van der Waals surface area contributed by atoms with Gasteiger partial charge >= 0.3 is 0 Å². The number of hydrogen-bond donors (Lipinski definition) is 1. The zero-order chi connectivity index (χ0) is 18.3. The molecule has 3 atom stereocenters. The van der Waals surface area contributed by atoms with Crippen LogP contribution >= 0.6 is 0 Å². The van der Waals surface area contributed by atoms with Crippen LogP contribution in [0.4, 0.5) is 0 Å². The van der Waals surface area contributed by atoms with Crippen molar-refractivity contribution in [1.82, 2.24) is 15.1 Å². The van der Waals surface area contributed by atoms with Gasteiger partial charge in [-0.2, -0.15) is 5.10 Å². The van der Waals surface area contributed by atoms with Crippen LogP contribution in [0, 0.1) is 11.8 Å². The van der Waals surface area contributed by atoms with E-state index in [9.17, 15) is 9.59 Å². The second-order valence-electron chi connectivity index (χ2n) is 8.21. The van der Waals surface area contributed by atoms with E-state index in [1.165, 1.54) is 31.2 Å². The van der Waals surface area contributed by atoms with E-state index < -0.39 is 0 Å². The molecule has 1 aromatic carbocycles. The van der Waals surface area contributed by atoms with Crippen molar-refractivity contribution in [3.05, 3.63) is 29.5 Å². The minimum Gasteiger partial charge on any atom is -0.296 e. The summed E-state index contributed by atoms with van der Waals surface area (Å²) in [5.41, 5.74) is 3.23. The van der Waals surface area contributed by atoms with Crippen molar-refractivity contribution in [3.8, 4) is 0 Å². The van der Waals surface area contributed by atoms with Crippen molar-refractivity contribution >= 4 is 22.7 Å². The third kappa shape index (κ3) is 3.27. The molecule has 0 bridgehead atoms. The molecule has 1 aliphatic heterocycles. The maximum Gasteiger partial charge on any atom is 0.235 e. The van der Waals surface area contributed by atoms with Crippen LogP contribution in [-0.2, 0) is 23.1 Å². The predicted octanol–water partition coefficient (Wildman–Crippen LogP) is 3.46. The minimum atomic E-state index is -0.332. The Kier molecular flexibility index (Phi) is 4.55. The van der Waals surface area contributed by atoms with E-state index in [0.717, 1.165) is 34.9 Å². The lowest BCUT2D eigenvalue weighted by Crippen LogP contribution is -2.39. The molecular formula is C21H27N3O2. The first-order chi connectivity index (χ1) is 12.5. The Hall–Kier alpha value is -2.17. The van der Waals surface area contributed by atoms with E-state index in [4.69, 9.17) is 0 Å². The van der Waals surface area contributed by atoms with E-state index in [1.54, 1.807) is 0 Å². The van der Waals surface area contributed by atoms with Crippen LogP contribution in [0.25, 0.3) is 10.9 Å². The number of aromatic nitrogens is 2. The number of amides is 2. The van der Waals surface area contributed by atoms with Gasteiger partial charge in [0.05, 0.1) is 17.1 Å². The van der Waals surface area contributed by atoms with Crippen molar-refractivity contribution in [2.45, 2.75) is 57.8 Å². The lowest BCUT2D eigenvalue weighted by atomic mass is 9.79. The summed E-state index contributed by atoms with van der Waals surface area (Å²) >= 11 is 0. The van der Waals surface area contributed by atoms with Crippen LogP contribution in [0.5, 0.6) is 0 Å². The number of carbonyl (C=O) groups excluding carboxylic acids is 2. The van der Waals surface area contributed by atoms with Gasteiger partial charge in [-0.15, -0.1) is 0 Å². The number of hydrogen-bond acceptors (Lipinski definition) is 3. The molecule has 2 aliphatic rings. The molecule has 26 heavy (non-hydrogen) atoms. The van der Waals surface area contributed by atoms with Crippen molar-refractivity contribution < 1.29 is 9.59 Å². The fourth-order valence-corrected chi connectivity index (χ4v) is 4.75. The van der Waals surface area contributed by atoms with E-state index in [-0.39, 0.29) is 17.7 Å². The Morgan fingerprint density at radius 1 is 1.23 bits per heavy atom. The monoisotopic (exact) mass is 353 g/mol. The Balaban J connectivity index is 1.60. The highest BCUT2D eigenvalue weighted by atomic mass is 16.2. The third-order valence-corrected chi connectivity index (χ3v) is 6.08. The standard InChI is InChI=1S/C21H27N3O2/c1-13-4-3-5-14(10-13)11-15-6-7-16-18(12-15)24(2)23-20(16)17-8-9-19(25)22-21(17)26/h6-7,12-14,17H,3-5,8-11H2,1-2H3,(H,22,25,26). The number of fused-ring (bicyclic) bond motifs is 1. The normalized spacial score (nSPS) is 26.9. The maximum atomic E-state index is 12.2. The lowest BCUT2D eigenvalue weighted by Gasteiger charge is -2.26. The number of benzene rings is 1. The molecule has 2 fully saturated rings. The molecule has 4 rings (SSSR count). The van der Waals surface area contributed by atoms with Gasteiger partial charge in [0.2, 0.25) is 11.8 Å². The Bertz CT molecular complexity index is 854. The highest BCUT2D eigenvalue weighted by molar-refractivity contribution is 6.02. The Morgan fingerprint density at radius 3 is 2.85 bits per heavy atom. The summed E-state index contributed by atoms with van der Waals surface area (Å²) in [6.07, 6.45) is 7.41. The molecule has 0 radical (unpaired) electrons. The number of aryl methyl sites for hydroxylation is 1. The summed E-state index contributed by atoms with van der Waals surface area (Å²) in [5, 5.41) is 8.11. The van der Waals surface area contributed by atoms with Gasteiger partial charge in [-0.05, 0) is 42.7 Å². The highest BCUT2D eigenvalue weighted by Crippen LogP contribution is 2.33. The third-order valence-electron chi connectivity index (χ3n) is 6.08. The lowest BCUT2D eigenvalue weighted by molar-refractivity contribution is -0.134. The van der Waals surface area contributed by atoms with Crippen molar-refractivity contribution in [1.29, 1.82) is 0 Å². The molecule has 138 valence electrons. The molecule has 1 saturated carbocycles. The van der Waals surface area contributed by atoms with Gasteiger partial charge in [0.25, 0.3) is 0 Å². The van der Waals surface area contributed by atoms with Gasteiger partial charge in [-0.3, -0.25) is 19.6 Å². The molecule has 1 aromatic heterocycles. The SMILES string of the molecule is CC1CCCC(Cc2ccc3c(C4CCC(=O)NC4=O)nn(C)c3c2)C1. The molecule has 2 heterocycles. The van der Waals surface area contributed by atoms with Crippen LogP contribution in [0.2, 0.25) is 0 Å². The summed E-state index contributed by atoms with van der Waals surface area (Å²) in [5.74, 6) is 0.880. The zero-order valence-corrected chi connectivity index (χ0v) is 15.6. The van der Waals surface area contributed by atoms with E-state index in [0.29, 0.717) is 12.8 Å². The molecule has 1 aliphatic carbocycles. The predicted molar refractivity (Wildman–Crippen MR) is 101 cm³/mol. The average Bonchev–Trinajstić information content (AvgIpc) is 2.91. The van der Waals surface area contributed by atoms with Gasteiger partial charge in [-0.1, -0.05) is 38.3 Å². The number of nitrogens with one attached hydrogen (secondary N) is 1. The van der Waals surface area contributed by atoms with Gasteiger partial charge in [0.15, 0.2) is 0 Å². The van der Waals surface area contributed by atoms with E-state index >= 15 is 0 Å². The fourth-order valence-electron chi connectivity index (χ4n) is 4.75. The summed E-state index contributed by atoms with van der Waals surface area (Å²) in [6, 6.07) is 6.54. The second kappa shape index (κ2) is 6.86. The zero-order valence-electron chi connectivity index (χ0n) is 15.6. The van der Waals surface area contributed by atoms with Gasteiger partial charge in [0, 0.05) is 18.9 Å². The van der Waals surface area contributed by atoms with Gasteiger partial charge in [-0.25, -0.2) is 0 Å². The van der Waals surface area contributed by atoms with Crippen molar-refractivity contribution in [2.75, 3.05) is 0 Å². The summed E-state index contributed by atoms with van der Waals surface area (Å²) in [4.78, 5) is 23.7. The van der Waals surface area contributed by atoms with Crippen molar-refractivity contribution in [2.24, 2.45) is 18.9 Å². The molecular weight excluding hydrogens is 326 g/mol. The first-order valence-electron chi connectivity index (χ1n) is 9.80. The number of carbonyl (C=O) groups is 2.